The van der Waals surface area contributed by atoms with Gasteiger partial charge in [0.1, 0.15) is 5.15 Å². The summed E-state index contributed by atoms with van der Waals surface area (Å²) in [5.74, 6) is -0.432. The molecule has 0 atom stereocenters. The van der Waals surface area contributed by atoms with Gasteiger partial charge in [-0.25, -0.2) is 17.7 Å². The molecule has 2 rings (SSSR count). The number of rotatable bonds is 5. The Kier molecular flexibility index (Phi) is 5.82. The van der Waals surface area contributed by atoms with E-state index in [9.17, 15) is 13.2 Å². The molecule has 1 N–H and O–H groups in total. The van der Waals surface area contributed by atoms with E-state index in [0.29, 0.717) is 5.56 Å². The van der Waals surface area contributed by atoms with Gasteiger partial charge in [0.25, 0.3) is 5.91 Å². The summed E-state index contributed by atoms with van der Waals surface area (Å²) in [6.45, 7) is 0.0440. The minimum atomic E-state index is -3.60. The number of amides is 1. The highest BCUT2D eigenvalue weighted by atomic mass is 35.5. The highest BCUT2D eigenvalue weighted by Gasteiger charge is 2.21. The third kappa shape index (κ3) is 4.05. The number of hydrogen-bond donors (Lipinski definition) is 1. The second kappa shape index (κ2) is 7.48. The van der Waals surface area contributed by atoms with Gasteiger partial charge in [0.05, 0.1) is 15.5 Å². The maximum absolute atomic E-state index is 12.3. The van der Waals surface area contributed by atoms with Gasteiger partial charge in [0.2, 0.25) is 10.0 Å². The van der Waals surface area contributed by atoms with Crippen LogP contribution in [0.15, 0.2) is 41.4 Å². The Labute approximate surface area is 150 Å². The van der Waals surface area contributed by atoms with Crippen molar-refractivity contribution >= 4 is 39.1 Å². The number of benzene rings is 1. The van der Waals surface area contributed by atoms with Crippen LogP contribution in [0.5, 0.6) is 0 Å². The Bertz CT molecular complexity index is 870. The molecule has 9 heteroatoms. The molecule has 0 bridgehead atoms. The van der Waals surface area contributed by atoms with Crippen LogP contribution in [-0.4, -0.2) is 37.7 Å². The number of sulfonamides is 1. The van der Waals surface area contributed by atoms with E-state index in [1.165, 1.54) is 32.4 Å². The first-order valence-electron chi connectivity index (χ1n) is 6.83. The first kappa shape index (κ1) is 18.7. The van der Waals surface area contributed by atoms with E-state index in [1.54, 1.807) is 18.2 Å². The lowest BCUT2D eigenvalue weighted by Crippen LogP contribution is -2.27. The average Bonchev–Trinajstić information content (AvgIpc) is 2.55. The lowest BCUT2D eigenvalue weighted by Gasteiger charge is -2.15. The van der Waals surface area contributed by atoms with Crippen molar-refractivity contribution in [1.29, 1.82) is 0 Å². The molecule has 1 heterocycles. The second-order valence-electron chi connectivity index (χ2n) is 5.07. The maximum Gasteiger partial charge on any atom is 0.253 e. The number of halogens is 2. The topological polar surface area (TPSA) is 79.4 Å². The fourth-order valence-corrected chi connectivity index (χ4v) is 3.31. The largest absolute Gasteiger partial charge is 0.348 e. The fraction of sp³-hybridized carbons (Fsp3) is 0.200. The van der Waals surface area contributed by atoms with E-state index in [1.807, 2.05) is 0 Å². The van der Waals surface area contributed by atoms with Crippen LogP contribution in [0.25, 0.3) is 0 Å². The predicted octanol–water partition coefficient (Wildman–Crippen LogP) is 2.57. The van der Waals surface area contributed by atoms with Gasteiger partial charge in [0.15, 0.2) is 0 Å². The molecule has 0 aliphatic rings. The van der Waals surface area contributed by atoms with Gasteiger partial charge < -0.3 is 5.32 Å². The Morgan fingerprint density at radius 1 is 1.25 bits per heavy atom. The highest BCUT2D eigenvalue weighted by Crippen LogP contribution is 2.20. The highest BCUT2D eigenvalue weighted by molar-refractivity contribution is 7.89. The summed E-state index contributed by atoms with van der Waals surface area (Å²) in [6, 6.07) is 7.87. The molecular weight excluding hydrogens is 373 g/mol. The molecular formula is C15H15Cl2N3O3S. The molecule has 1 amide bonds. The van der Waals surface area contributed by atoms with Crippen molar-refractivity contribution in [2.45, 2.75) is 11.4 Å². The Hall–Kier alpha value is -1.67. The summed E-state index contributed by atoms with van der Waals surface area (Å²) < 4.78 is 25.8. The van der Waals surface area contributed by atoms with Gasteiger partial charge in [-0.1, -0.05) is 41.4 Å². The molecule has 24 heavy (non-hydrogen) atoms. The van der Waals surface area contributed by atoms with Gasteiger partial charge in [-0.2, -0.15) is 0 Å². The molecule has 128 valence electrons. The molecule has 0 radical (unpaired) electrons. The monoisotopic (exact) mass is 387 g/mol. The van der Waals surface area contributed by atoms with Gasteiger partial charge in [-0.05, 0) is 17.7 Å². The number of carbonyl (C=O) groups is 1. The normalized spacial score (nSPS) is 11.5. The van der Waals surface area contributed by atoms with Gasteiger partial charge in [-0.15, -0.1) is 0 Å². The molecule has 0 spiro atoms. The molecule has 0 unspecified atom stereocenters. The van der Waals surface area contributed by atoms with Crippen LogP contribution in [0.1, 0.15) is 15.9 Å². The molecule has 1 aromatic carbocycles. The number of carbonyl (C=O) groups excluding carboxylic acids is 1. The van der Waals surface area contributed by atoms with Gasteiger partial charge in [0, 0.05) is 26.8 Å². The molecule has 1 aromatic heterocycles. The average molecular weight is 388 g/mol. The zero-order chi connectivity index (χ0) is 17.9. The van der Waals surface area contributed by atoms with Crippen LogP contribution in [0.2, 0.25) is 10.2 Å². The van der Waals surface area contributed by atoms with E-state index >= 15 is 0 Å². The molecule has 0 aliphatic heterocycles. The van der Waals surface area contributed by atoms with Crippen LogP contribution in [0, 0.1) is 0 Å². The van der Waals surface area contributed by atoms with E-state index in [0.717, 1.165) is 4.31 Å². The summed E-state index contributed by atoms with van der Waals surface area (Å²) in [6.07, 6.45) is 1.30. The van der Waals surface area contributed by atoms with E-state index < -0.39 is 15.9 Å². The van der Waals surface area contributed by atoms with Crippen LogP contribution in [0.4, 0.5) is 0 Å². The first-order valence-corrected chi connectivity index (χ1v) is 9.02. The Morgan fingerprint density at radius 3 is 2.54 bits per heavy atom. The third-order valence-corrected chi connectivity index (χ3v) is 5.83. The second-order valence-corrected chi connectivity index (χ2v) is 7.96. The molecule has 0 fully saturated rings. The van der Waals surface area contributed by atoms with Crippen LogP contribution < -0.4 is 5.32 Å². The predicted molar refractivity (Wildman–Crippen MR) is 92.7 cm³/mol. The van der Waals surface area contributed by atoms with Crippen molar-refractivity contribution in [1.82, 2.24) is 14.6 Å². The minimum Gasteiger partial charge on any atom is -0.348 e. The van der Waals surface area contributed by atoms with Crippen LogP contribution in [-0.2, 0) is 16.6 Å². The standard InChI is InChI=1S/C15H15Cl2N3O3S/c1-20(2)24(22,23)13-6-4-3-5-10(13)8-19-15(21)11-7-12(16)14(17)18-9-11/h3-7,9H,8H2,1-2H3,(H,19,21). The summed E-state index contributed by atoms with van der Waals surface area (Å²) >= 11 is 11.5. The number of nitrogens with zero attached hydrogens (tertiary/aromatic N) is 2. The summed E-state index contributed by atoms with van der Waals surface area (Å²) in [5.41, 5.74) is 0.713. The molecule has 0 saturated carbocycles. The van der Waals surface area contributed by atoms with E-state index in [-0.39, 0.29) is 27.2 Å². The zero-order valence-corrected chi connectivity index (χ0v) is 15.3. The number of aromatic nitrogens is 1. The summed E-state index contributed by atoms with van der Waals surface area (Å²) in [4.78, 5) is 16.1. The van der Waals surface area contributed by atoms with Crippen molar-refractivity contribution in [2.24, 2.45) is 0 Å². The fourth-order valence-electron chi connectivity index (χ4n) is 1.92. The first-order chi connectivity index (χ1) is 11.2. The maximum atomic E-state index is 12.3. The number of hydrogen-bond acceptors (Lipinski definition) is 4. The van der Waals surface area contributed by atoms with Crippen LogP contribution >= 0.6 is 23.2 Å². The lowest BCUT2D eigenvalue weighted by molar-refractivity contribution is 0.0950. The zero-order valence-electron chi connectivity index (χ0n) is 13.0. The number of pyridine rings is 1. The van der Waals surface area contributed by atoms with Crippen molar-refractivity contribution in [3.8, 4) is 0 Å². The Balaban J connectivity index is 2.21. The van der Waals surface area contributed by atoms with Crippen molar-refractivity contribution in [3.63, 3.8) is 0 Å². The number of nitrogens with one attached hydrogen (secondary N) is 1. The van der Waals surface area contributed by atoms with Crippen molar-refractivity contribution < 1.29 is 13.2 Å². The Morgan fingerprint density at radius 2 is 1.92 bits per heavy atom. The van der Waals surface area contributed by atoms with Crippen LogP contribution in [0.3, 0.4) is 0 Å². The lowest BCUT2D eigenvalue weighted by atomic mass is 10.2. The molecule has 0 saturated heterocycles. The van der Waals surface area contributed by atoms with Gasteiger partial charge in [-0.3, -0.25) is 4.79 Å². The summed E-state index contributed by atoms with van der Waals surface area (Å²) in [5, 5.41) is 2.92. The smallest absolute Gasteiger partial charge is 0.253 e. The summed E-state index contributed by atoms with van der Waals surface area (Å²) in [7, 11) is -0.700. The molecule has 0 aliphatic carbocycles. The SMILES string of the molecule is CN(C)S(=O)(=O)c1ccccc1CNC(=O)c1cnc(Cl)c(Cl)c1. The molecule has 6 nitrogen and oxygen atoms in total. The molecule has 2 aromatic rings. The van der Waals surface area contributed by atoms with Crippen molar-refractivity contribution in [3.05, 3.63) is 57.8 Å². The van der Waals surface area contributed by atoms with E-state index in [2.05, 4.69) is 10.3 Å². The quantitative estimate of drug-likeness (QED) is 0.799. The van der Waals surface area contributed by atoms with Crippen molar-refractivity contribution in [2.75, 3.05) is 14.1 Å². The third-order valence-electron chi connectivity index (χ3n) is 3.23. The minimum absolute atomic E-state index is 0.0440. The van der Waals surface area contributed by atoms with Gasteiger partial charge >= 0.3 is 0 Å². The van der Waals surface area contributed by atoms with E-state index in [4.69, 9.17) is 23.2 Å².